The van der Waals surface area contributed by atoms with Gasteiger partial charge < -0.3 is 10.6 Å². The van der Waals surface area contributed by atoms with Crippen LogP contribution in [0.25, 0.3) is 0 Å². The van der Waals surface area contributed by atoms with Crippen LogP contribution in [0.3, 0.4) is 0 Å². The Bertz CT molecular complexity index is 227. The number of nitrogens with zero attached hydrogens (tertiary/aromatic N) is 1. The summed E-state index contributed by atoms with van der Waals surface area (Å²) >= 11 is 0. The maximum atomic E-state index is 12.1. The zero-order chi connectivity index (χ0) is 10.2. The number of hydrogen-bond donors (Lipinski definition) is 1. The Hall–Kier alpha value is -0.570. The molecule has 1 saturated carbocycles. The van der Waals surface area contributed by atoms with E-state index in [2.05, 4.69) is 6.92 Å². The van der Waals surface area contributed by atoms with E-state index in [-0.39, 0.29) is 5.41 Å². The first-order chi connectivity index (χ1) is 6.68. The molecule has 2 N–H and O–H groups in total. The van der Waals surface area contributed by atoms with Gasteiger partial charge in [-0.05, 0) is 31.6 Å². The summed E-state index contributed by atoms with van der Waals surface area (Å²) in [5.41, 5.74) is 5.52. The molecule has 1 amide bonds. The van der Waals surface area contributed by atoms with Crippen molar-refractivity contribution in [3.05, 3.63) is 0 Å². The Labute approximate surface area is 85.6 Å². The predicted molar refractivity (Wildman–Crippen MR) is 55.7 cm³/mol. The van der Waals surface area contributed by atoms with E-state index in [0.717, 1.165) is 44.7 Å². The van der Waals surface area contributed by atoms with Crippen molar-refractivity contribution < 1.29 is 4.79 Å². The van der Waals surface area contributed by atoms with Crippen LogP contribution in [0, 0.1) is 11.3 Å². The summed E-state index contributed by atoms with van der Waals surface area (Å²) < 4.78 is 0. The first-order valence-corrected chi connectivity index (χ1v) is 5.67. The fraction of sp³-hybridized carbons (Fsp3) is 0.909. The van der Waals surface area contributed by atoms with Crippen molar-refractivity contribution in [2.75, 3.05) is 19.6 Å². The van der Waals surface area contributed by atoms with Crippen molar-refractivity contribution in [3.8, 4) is 0 Å². The fourth-order valence-electron chi connectivity index (χ4n) is 2.20. The second kappa shape index (κ2) is 3.54. The molecule has 0 radical (unpaired) electrons. The minimum Gasteiger partial charge on any atom is -0.342 e. The molecule has 0 aromatic carbocycles. The molecule has 1 saturated heterocycles. The highest BCUT2D eigenvalue weighted by Crippen LogP contribution is 2.46. The van der Waals surface area contributed by atoms with Gasteiger partial charge in [-0.3, -0.25) is 4.79 Å². The molecule has 2 fully saturated rings. The van der Waals surface area contributed by atoms with Crippen LogP contribution in [-0.4, -0.2) is 30.4 Å². The van der Waals surface area contributed by atoms with Gasteiger partial charge >= 0.3 is 0 Å². The topological polar surface area (TPSA) is 46.3 Å². The maximum absolute atomic E-state index is 12.1. The molecule has 1 heterocycles. The van der Waals surface area contributed by atoms with Crippen LogP contribution in [0.5, 0.6) is 0 Å². The average molecular weight is 196 g/mol. The number of carbonyl (C=O) groups excluding carboxylic acids is 1. The molecule has 0 spiro atoms. The van der Waals surface area contributed by atoms with Gasteiger partial charge in [-0.15, -0.1) is 0 Å². The van der Waals surface area contributed by atoms with Crippen LogP contribution < -0.4 is 5.73 Å². The van der Waals surface area contributed by atoms with Gasteiger partial charge in [-0.2, -0.15) is 0 Å². The van der Waals surface area contributed by atoms with Crippen molar-refractivity contribution in [1.29, 1.82) is 0 Å². The van der Waals surface area contributed by atoms with E-state index in [1.54, 1.807) is 0 Å². The van der Waals surface area contributed by atoms with E-state index >= 15 is 0 Å². The fourth-order valence-corrected chi connectivity index (χ4v) is 2.20. The Kier molecular flexibility index (Phi) is 2.52. The van der Waals surface area contributed by atoms with Crippen molar-refractivity contribution in [2.24, 2.45) is 17.1 Å². The van der Waals surface area contributed by atoms with Gasteiger partial charge in [0, 0.05) is 19.6 Å². The molecule has 14 heavy (non-hydrogen) atoms. The van der Waals surface area contributed by atoms with Gasteiger partial charge in [0.15, 0.2) is 0 Å². The smallest absolute Gasteiger partial charge is 0.230 e. The molecule has 0 aromatic rings. The molecule has 1 aliphatic carbocycles. The van der Waals surface area contributed by atoms with Gasteiger partial charge in [0.1, 0.15) is 0 Å². The van der Waals surface area contributed by atoms with E-state index in [4.69, 9.17) is 5.73 Å². The Morgan fingerprint density at radius 3 is 2.43 bits per heavy atom. The zero-order valence-corrected chi connectivity index (χ0v) is 8.96. The summed E-state index contributed by atoms with van der Waals surface area (Å²) in [5.74, 6) is 1.11. The number of likely N-dealkylation sites (tertiary alicyclic amines) is 1. The summed E-state index contributed by atoms with van der Waals surface area (Å²) in [6.07, 6.45) is 4.33. The minimum atomic E-state index is -0.138. The van der Waals surface area contributed by atoms with Crippen LogP contribution >= 0.6 is 0 Å². The van der Waals surface area contributed by atoms with Crippen LogP contribution in [0.4, 0.5) is 0 Å². The standard InChI is InChI=1S/C11H20N2O/c1-9-2-6-13(7-3-9)10(14)11(8-12)4-5-11/h9H,2-8,12H2,1H3. The quantitative estimate of drug-likeness (QED) is 0.715. The first-order valence-electron chi connectivity index (χ1n) is 5.67. The number of hydrogen-bond acceptors (Lipinski definition) is 2. The molecule has 2 rings (SSSR count). The summed E-state index contributed by atoms with van der Waals surface area (Å²) in [6.45, 7) is 4.69. The average Bonchev–Trinajstić information content (AvgIpc) is 2.99. The Morgan fingerprint density at radius 1 is 1.43 bits per heavy atom. The normalized spacial score (nSPS) is 26.3. The lowest BCUT2D eigenvalue weighted by molar-refractivity contribution is -0.138. The second-order valence-electron chi connectivity index (χ2n) is 4.96. The highest BCUT2D eigenvalue weighted by molar-refractivity contribution is 5.85. The molecule has 0 unspecified atom stereocenters. The highest BCUT2D eigenvalue weighted by Gasteiger charge is 2.50. The zero-order valence-electron chi connectivity index (χ0n) is 8.96. The number of rotatable bonds is 2. The molecule has 3 heteroatoms. The molecule has 2 aliphatic rings. The summed E-state index contributed by atoms with van der Waals surface area (Å²) in [6, 6.07) is 0. The van der Waals surface area contributed by atoms with Crippen LogP contribution in [-0.2, 0) is 4.79 Å². The third kappa shape index (κ3) is 1.65. The number of piperidine rings is 1. The number of carbonyl (C=O) groups is 1. The lowest BCUT2D eigenvalue weighted by atomic mass is 9.97. The Morgan fingerprint density at radius 2 is 2.00 bits per heavy atom. The van der Waals surface area contributed by atoms with Crippen molar-refractivity contribution in [3.63, 3.8) is 0 Å². The lowest BCUT2D eigenvalue weighted by Crippen LogP contribution is -2.44. The van der Waals surface area contributed by atoms with Gasteiger partial charge in [0.05, 0.1) is 5.41 Å². The third-order valence-corrected chi connectivity index (χ3v) is 3.77. The number of nitrogens with two attached hydrogens (primary N) is 1. The van der Waals surface area contributed by atoms with Crippen molar-refractivity contribution in [2.45, 2.75) is 32.6 Å². The monoisotopic (exact) mass is 196 g/mol. The molecule has 0 aromatic heterocycles. The van der Waals surface area contributed by atoms with Gasteiger partial charge in [0.25, 0.3) is 0 Å². The predicted octanol–water partition coefficient (Wildman–Crippen LogP) is 0.984. The third-order valence-electron chi connectivity index (χ3n) is 3.77. The molecule has 1 aliphatic heterocycles. The Balaban J connectivity index is 1.92. The largest absolute Gasteiger partial charge is 0.342 e. The molecule has 0 bridgehead atoms. The molecular weight excluding hydrogens is 176 g/mol. The number of amides is 1. The van der Waals surface area contributed by atoms with Gasteiger partial charge in [-0.1, -0.05) is 6.92 Å². The summed E-state index contributed by atoms with van der Waals surface area (Å²) in [5, 5.41) is 0. The van der Waals surface area contributed by atoms with E-state index in [9.17, 15) is 4.79 Å². The molecule has 0 atom stereocenters. The van der Waals surface area contributed by atoms with E-state index in [0.29, 0.717) is 12.5 Å². The van der Waals surface area contributed by atoms with E-state index in [1.165, 1.54) is 0 Å². The van der Waals surface area contributed by atoms with Crippen LogP contribution in [0.1, 0.15) is 32.6 Å². The highest BCUT2D eigenvalue weighted by atomic mass is 16.2. The summed E-state index contributed by atoms with van der Waals surface area (Å²) in [7, 11) is 0. The summed E-state index contributed by atoms with van der Waals surface area (Å²) in [4.78, 5) is 14.1. The van der Waals surface area contributed by atoms with E-state index in [1.807, 2.05) is 4.90 Å². The van der Waals surface area contributed by atoms with E-state index < -0.39 is 0 Å². The SMILES string of the molecule is CC1CCN(C(=O)C2(CN)CC2)CC1. The lowest BCUT2D eigenvalue weighted by Gasteiger charge is -2.32. The van der Waals surface area contributed by atoms with Crippen molar-refractivity contribution in [1.82, 2.24) is 4.90 Å². The maximum Gasteiger partial charge on any atom is 0.230 e. The molecule has 80 valence electrons. The van der Waals surface area contributed by atoms with Gasteiger partial charge in [0.2, 0.25) is 5.91 Å². The molecular formula is C11H20N2O. The van der Waals surface area contributed by atoms with Crippen LogP contribution in [0.15, 0.2) is 0 Å². The second-order valence-corrected chi connectivity index (χ2v) is 4.96. The van der Waals surface area contributed by atoms with Crippen molar-refractivity contribution >= 4 is 5.91 Å². The van der Waals surface area contributed by atoms with Crippen LogP contribution in [0.2, 0.25) is 0 Å². The molecule has 3 nitrogen and oxygen atoms in total. The first kappa shape index (κ1) is 9.97. The minimum absolute atomic E-state index is 0.138. The van der Waals surface area contributed by atoms with Gasteiger partial charge in [-0.25, -0.2) is 0 Å².